The van der Waals surface area contributed by atoms with E-state index in [4.69, 9.17) is 16.0 Å². The Bertz CT molecular complexity index is 730. The lowest BCUT2D eigenvalue weighted by atomic mass is 10.2. The number of piperazine rings is 1. The molecule has 1 aromatic heterocycles. The first kappa shape index (κ1) is 16.3. The summed E-state index contributed by atoms with van der Waals surface area (Å²) in [5.74, 6) is 0.523. The summed E-state index contributed by atoms with van der Waals surface area (Å²) in [6.07, 6.45) is 4.70. The monoisotopic (exact) mass is 344 g/mol. The number of hydrogen-bond donors (Lipinski definition) is 0. The van der Waals surface area contributed by atoms with Gasteiger partial charge < -0.3 is 14.2 Å². The average molecular weight is 345 g/mol. The zero-order valence-electron chi connectivity index (χ0n) is 13.0. The lowest BCUT2D eigenvalue weighted by Crippen LogP contribution is -2.50. The number of amides is 2. The van der Waals surface area contributed by atoms with Crippen LogP contribution in [-0.4, -0.2) is 47.8 Å². The molecule has 0 N–H and O–H groups in total. The van der Waals surface area contributed by atoms with Crippen LogP contribution >= 0.6 is 11.6 Å². The van der Waals surface area contributed by atoms with Crippen molar-refractivity contribution >= 4 is 29.5 Å². The second kappa shape index (κ2) is 7.36. The normalized spacial score (nSPS) is 15.0. The van der Waals surface area contributed by atoms with Crippen LogP contribution in [0, 0.1) is 0 Å². The first-order valence-corrected chi connectivity index (χ1v) is 8.06. The number of carbonyl (C=O) groups is 2. The van der Waals surface area contributed by atoms with E-state index in [1.54, 1.807) is 58.5 Å². The predicted octanol–water partition coefficient (Wildman–Crippen LogP) is 2.93. The average Bonchev–Trinajstić information content (AvgIpc) is 3.13. The third kappa shape index (κ3) is 3.86. The van der Waals surface area contributed by atoms with Gasteiger partial charge in [0.1, 0.15) is 5.76 Å². The fraction of sp³-hybridized carbons (Fsp3) is 0.222. The molecule has 6 heteroatoms. The highest BCUT2D eigenvalue weighted by Crippen LogP contribution is 2.13. The van der Waals surface area contributed by atoms with Crippen LogP contribution in [0.25, 0.3) is 6.08 Å². The van der Waals surface area contributed by atoms with E-state index in [2.05, 4.69) is 0 Å². The van der Waals surface area contributed by atoms with Gasteiger partial charge in [-0.15, -0.1) is 0 Å². The smallest absolute Gasteiger partial charge is 0.253 e. The van der Waals surface area contributed by atoms with Crippen LogP contribution < -0.4 is 0 Å². The number of halogens is 1. The SMILES string of the molecule is O=C(C=Cc1ccco1)N1CCN(C(=O)c2ccc(Cl)cc2)CC1. The Morgan fingerprint density at radius 1 is 1.00 bits per heavy atom. The molecule has 1 aromatic carbocycles. The van der Waals surface area contributed by atoms with Crippen molar-refractivity contribution in [3.05, 3.63) is 65.1 Å². The summed E-state index contributed by atoms with van der Waals surface area (Å²) in [7, 11) is 0. The molecule has 0 bridgehead atoms. The van der Waals surface area contributed by atoms with E-state index in [0.717, 1.165) is 0 Å². The summed E-state index contributed by atoms with van der Waals surface area (Å²) in [6, 6.07) is 10.4. The molecule has 5 nitrogen and oxygen atoms in total. The number of nitrogens with zero attached hydrogens (tertiary/aromatic N) is 2. The van der Waals surface area contributed by atoms with Crippen LogP contribution in [0.3, 0.4) is 0 Å². The third-order valence-corrected chi connectivity index (χ3v) is 4.16. The quantitative estimate of drug-likeness (QED) is 0.804. The first-order chi connectivity index (χ1) is 11.6. The highest BCUT2D eigenvalue weighted by Gasteiger charge is 2.23. The van der Waals surface area contributed by atoms with Crippen molar-refractivity contribution < 1.29 is 14.0 Å². The number of rotatable bonds is 3. The van der Waals surface area contributed by atoms with Gasteiger partial charge in [-0.05, 0) is 42.5 Å². The summed E-state index contributed by atoms with van der Waals surface area (Å²) in [4.78, 5) is 28.1. The van der Waals surface area contributed by atoms with E-state index in [1.807, 2.05) is 0 Å². The lowest BCUT2D eigenvalue weighted by molar-refractivity contribution is -0.127. The molecular formula is C18H17ClN2O3. The lowest BCUT2D eigenvalue weighted by Gasteiger charge is -2.34. The van der Waals surface area contributed by atoms with Crippen molar-refractivity contribution in [3.8, 4) is 0 Å². The van der Waals surface area contributed by atoms with Crippen LogP contribution in [-0.2, 0) is 4.79 Å². The molecule has 2 aromatic rings. The summed E-state index contributed by atoms with van der Waals surface area (Å²) < 4.78 is 5.16. The number of carbonyl (C=O) groups excluding carboxylic acids is 2. The maximum absolute atomic E-state index is 12.4. The third-order valence-electron chi connectivity index (χ3n) is 3.90. The Balaban J connectivity index is 1.54. The largest absolute Gasteiger partial charge is 0.465 e. The Morgan fingerprint density at radius 3 is 2.29 bits per heavy atom. The predicted molar refractivity (Wildman–Crippen MR) is 91.7 cm³/mol. The summed E-state index contributed by atoms with van der Waals surface area (Å²) in [5.41, 5.74) is 0.608. The molecule has 2 amide bonds. The van der Waals surface area contributed by atoms with Gasteiger partial charge >= 0.3 is 0 Å². The molecule has 0 aliphatic carbocycles. The van der Waals surface area contributed by atoms with Gasteiger partial charge in [-0.2, -0.15) is 0 Å². The first-order valence-electron chi connectivity index (χ1n) is 7.69. The Kier molecular flexibility index (Phi) is 5.01. The van der Waals surface area contributed by atoms with Crippen molar-refractivity contribution in [1.29, 1.82) is 0 Å². The van der Waals surface area contributed by atoms with Crippen LogP contribution in [0.15, 0.2) is 53.2 Å². The van der Waals surface area contributed by atoms with E-state index in [-0.39, 0.29) is 11.8 Å². The second-order valence-corrected chi connectivity index (χ2v) is 5.91. The van der Waals surface area contributed by atoms with Crippen LogP contribution in [0.4, 0.5) is 0 Å². The van der Waals surface area contributed by atoms with Gasteiger partial charge in [0.05, 0.1) is 6.26 Å². The maximum Gasteiger partial charge on any atom is 0.253 e. The van der Waals surface area contributed by atoms with Gasteiger partial charge in [0, 0.05) is 42.8 Å². The molecule has 1 saturated heterocycles. The maximum atomic E-state index is 12.4. The molecule has 0 saturated carbocycles. The van der Waals surface area contributed by atoms with Gasteiger partial charge in [-0.3, -0.25) is 9.59 Å². The highest BCUT2D eigenvalue weighted by molar-refractivity contribution is 6.30. The molecule has 1 fully saturated rings. The molecule has 3 rings (SSSR count). The standard InChI is InChI=1S/C18H17ClN2O3/c19-15-5-3-14(4-6-15)18(23)21-11-9-20(10-12-21)17(22)8-7-16-2-1-13-24-16/h1-8,13H,9-12H2. The topological polar surface area (TPSA) is 53.8 Å². The molecule has 0 unspecified atom stereocenters. The Labute approximate surface area is 145 Å². The van der Waals surface area contributed by atoms with E-state index in [0.29, 0.717) is 42.5 Å². The van der Waals surface area contributed by atoms with Crippen molar-refractivity contribution in [2.45, 2.75) is 0 Å². The molecule has 0 spiro atoms. The zero-order valence-corrected chi connectivity index (χ0v) is 13.8. The Hall–Kier alpha value is -2.53. The van der Waals surface area contributed by atoms with Crippen molar-refractivity contribution in [1.82, 2.24) is 9.80 Å². The molecule has 1 aliphatic heterocycles. The van der Waals surface area contributed by atoms with Gasteiger partial charge in [0.25, 0.3) is 5.91 Å². The minimum Gasteiger partial charge on any atom is -0.465 e. The van der Waals surface area contributed by atoms with Gasteiger partial charge in [0.2, 0.25) is 5.91 Å². The summed E-state index contributed by atoms with van der Waals surface area (Å²) in [6.45, 7) is 2.06. The molecular weight excluding hydrogens is 328 g/mol. The van der Waals surface area contributed by atoms with E-state index in [1.165, 1.54) is 6.08 Å². The van der Waals surface area contributed by atoms with Gasteiger partial charge in [-0.25, -0.2) is 0 Å². The minimum absolute atomic E-state index is 0.0371. The van der Waals surface area contributed by atoms with Gasteiger partial charge in [0.15, 0.2) is 0 Å². The number of hydrogen-bond acceptors (Lipinski definition) is 3. The Morgan fingerprint density at radius 2 is 1.67 bits per heavy atom. The number of furan rings is 1. The zero-order chi connectivity index (χ0) is 16.9. The van der Waals surface area contributed by atoms with E-state index in [9.17, 15) is 9.59 Å². The van der Waals surface area contributed by atoms with Crippen LogP contribution in [0.5, 0.6) is 0 Å². The molecule has 1 aliphatic rings. The highest BCUT2D eigenvalue weighted by atomic mass is 35.5. The fourth-order valence-electron chi connectivity index (χ4n) is 2.55. The van der Waals surface area contributed by atoms with E-state index >= 15 is 0 Å². The van der Waals surface area contributed by atoms with Crippen LogP contribution in [0.2, 0.25) is 5.02 Å². The van der Waals surface area contributed by atoms with Crippen molar-refractivity contribution in [3.63, 3.8) is 0 Å². The summed E-state index contributed by atoms with van der Waals surface area (Å²) in [5, 5.41) is 0.602. The summed E-state index contributed by atoms with van der Waals surface area (Å²) >= 11 is 5.84. The molecule has 0 radical (unpaired) electrons. The van der Waals surface area contributed by atoms with Gasteiger partial charge in [-0.1, -0.05) is 11.6 Å². The second-order valence-electron chi connectivity index (χ2n) is 5.47. The molecule has 2 heterocycles. The fourth-order valence-corrected chi connectivity index (χ4v) is 2.68. The van der Waals surface area contributed by atoms with Crippen molar-refractivity contribution in [2.24, 2.45) is 0 Å². The molecule has 24 heavy (non-hydrogen) atoms. The van der Waals surface area contributed by atoms with Crippen LogP contribution in [0.1, 0.15) is 16.1 Å². The van der Waals surface area contributed by atoms with Crippen molar-refractivity contribution in [2.75, 3.05) is 26.2 Å². The molecule has 124 valence electrons. The van der Waals surface area contributed by atoms with E-state index < -0.39 is 0 Å². The number of benzene rings is 1. The minimum atomic E-state index is -0.0787. The molecule has 0 atom stereocenters.